The lowest BCUT2D eigenvalue weighted by atomic mass is 9.81. The van der Waals surface area contributed by atoms with Crippen molar-refractivity contribution in [3.05, 3.63) is 12.5 Å². The highest BCUT2D eigenvalue weighted by Crippen LogP contribution is 2.43. The Hall–Kier alpha value is -1.52. The Kier molecular flexibility index (Phi) is 1.61. The van der Waals surface area contributed by atoms with Gasteiger partial charge in [-0.25, -0.2) is 4.98 Å². The van der Waals surface area contributed by atoms with Gasteiger partial charge in [0.25, 0.3) is 0 Å². The third-order valence-electron chi connectivity index (χ3n) is 4.14. The normalized spacial score (nSPS) is 35.2. The molecular weight excluding hydrogens is 202 g/mol. The van der Waals surface area contributed by atoms with Crippen LogP contribution in [0.5, 0.6) is 0 Å². The second kappa shape index (κ2) is 2.99. The summed E-state index contributed by atoms with van der Waals surface area (Å²) in [6.45, 7) is 0. The van der Waals surface area contributed by atoms with Crippen LogP contribution in [0.4, 0.5) is 5.82 Å². The van der Waals surface area contributed by atoms with Gasteiger partial charge in [-0.3, -0.25) is 10.3 Å². The Balaban J connectivity index is 1.84. The minimum absolute atomic E-state index is 0.356. The number of nitrogens with one attached hydrogen (secondary N) is 1. The van der Waals surface area contributed by atoms with Crippen molar-refractivity contribution in [2.75, 3.05) is 4.90 Å². The fraction of sp³-hybridized carbons (Fsp3) is 0.636. The van der Waals surface area contributed by atoms with E-state index in [0.29, 0.717) is 18.1 Å². The molecule has 1 N–H and O–H groups in total. The van der Waals surface area contributed by atoms with Crippen molar-refractivity contribution < 1.29 is 0 Å². The van der Waals surface area contributed by atoms with Gasteiger partial charge in [0.15, 0.2) is 0 Å². The Bertz CT molecular complexity index is 437. The van der Waals surface area contributed by atoms with E-state index in [0.717, 1.165) is 0 Å². The zero-order valence-corrected chi connectivity index (χ0v) is 9.08. The standard InChI is InChI=1S/C11H15N5/c1-2-4-9-8(3-1)11-14-13-7-16(11)10-5-12-6-15(9)10/h5-9,11,14H,1-4H2. The molecular formula is C11H15N5. The molecule has 3 aliphatic rings. The Morgan fingerprint density at radius 3 is 3.25 bits per heavy atom. The molecule has 0 amide bonds. The lowest BCUT2D eigenvalue weighted by Crippen LogP contribution is -2.51. The number of hydrogen-bond acceptors (Lipinski definition) is 4. The maximum atomic E-state index is 4.29. The molecule has 0 saturated heterocycles. The molecule has 3 atom stereocenters. The fourth-order valence-electron chi connectivity index (χ4n) is 3.42. The van der Waals surface area contributed by atoms with Crippen LogP contribution in [-0.2, 0) is 0 Å². The van der Waals surface area contributed by atoms with Crippen LogP contribution in [-0.4, -0.2) is 22.1 Å². The third-order valence-corrected chi connectivity index (χ3v) is 4.14. The van der Waals surface area contributed by atoms with Crippen LogP contribution in [0, 0.1) is 5.92 Å². The SMILES string of the molecule is C1=NNC2C3CCCCC3n3cncc3N12. The van der Waals surface area contributed by atoms with Crippen molar-refractivity contribution in [2.45, 2.75) is 37.9 Å². The maximum absolute atomic E-state index is 4.29. The number of hydrazone groups is 1. The minimum Gasteiger partial charge on any atom is -0.314 e. The van der Waals surface area contributed by atoms with E-state index in [4.69, 9.17) is 0 Å². The lowest BCUT2D eigenvalue weighted by Gasteiger charge is -2.44. The minimum atomic E-state index is 0.356. The fourth-order valence-corrected chi connectivity index (χ4v) is 3.42. The van der Waals surface area contributed by atoms with Gasteiger partial charge in [0.05, 0.1) is 12.5 Å². The molecule has 1 fully saturated rings. The van der Waals surface area contributed by atoms with Gasteiger partial charge in [-0.05, 0) is 12.8 Å². The van der Waals surface area contributed by atoms with E-state index >= 15 is 0 Å². The van der Waals surface area contributed by atoms with E-state index in [1.807, 2.05) is 18.9 Å². The van der Waals surface area contributed by atoms with E-state index in [9.17, 15) is 0 Å². The summed E-state index contributed by atoms with van der Waals surface area (Å²) in [7, 11) is 0. The average Bonchev–Trinajstić information content (AvgIpc) is 2.98. The van der Waals surface area contributed by atoms with E-state index in [1.165, 1.54) is 31.5 Å². The van der Waals surface area contributed by atoms with Crippen molar-refractivity contribution in [3.63, 3.8) is 0 Å². The molecule has 4 rings (SSSR count). The maximum Gasteiger partial charge on any atom is 0.135 e. The van der Waals surface area contributed by atoms with Crippen LogP contribution in [0.2, 0.25) is 0 Å². The van der Waals surface area contributed by atoms with Crippen LogP contribution >= 0.6 is 0 Å². The topological polar surface area (TPSA) is 45.5 Å². The number of fused-ring (bicyclic) bond motifs is 6. The van der Waals surface area contributed by atoms with Gasteiger partial charge in [0, 0.05) is 12.0 Å². The van der Waals surface area contributed by atoms with E-state index in [1.54, 1.807) is 0 Å². The first-order chi connectivity index (χ1) is 7.95. The summed E-state index contributed by atoms with van der Waals surface area (Å²) in [5.74, 6) is 1.85. The molecule has 1 aromatic heterocycles. The zero-order chi connectivity index (χ0) is 10.5. The molecule has 1 saturated carbocycles. The van der Waals surface area contributed by atoms with Crippen LogP contribution in [0.1, 0.15) is 31.7 Å². The molecule has 5 heteroatoms. The molecule has 5 nitrogen and oxygen atoms in total. The molecule has 0 aromatic carbocycles. The van der Waals surface area contributed by atoms with Gasteiger partial charge in [0.1, 0.15) is 18.3 Å². The summed E-state index contributed by atoms with van der Waals surface area (Å²) < 4.78 is 2.33. The molecule has 3 unspecified atom stereocenters. The second-order valence-electron chi connectivity index (χ2n) is 4.90. The van der Waals surface area contributed by atoms with E-state index < -0.39 is 0 Å². The number of hydrogen-bond donors (Lipinski definition) is 1. The highest BCUT2D eigenvalue weighted by Gasteiger charge is 2.43. The van der Waals surface area contributed by atoms with E-state index in [-0.39, 0.29) is 0 Å². The first-order valence-electron chi connectivity index (χ1n) is 6.04. The van der Waals surface area contributed by atoms with E-state index in [2.05, 4.69) is 25.0 Å². The van der Waals surface area contributed by atoms with Gasteiger partial charge >= 0.3 is 0 Å². The summed E-state index contributed by atoms with van der Waals surface area (Å²) in [5, 5.41) is 4.21. The van der Waals surface area contributed by atoms with Crippen molar-refractivity contribution in [1.82, 2.24) is 15.0 Å². The number of anilines is 1. The molecule has 2 aliphatic heterocycles. The van der Waals surface area contributed by atoms with Gasteiger partial charge in [-0.2, -0.15) is 5.10 Å². The highest BCUT2D eigenvalue weighted by atomic mass is 15.5. The van der Waals surface area contributed by atoms with Crippen LogP contribution in [0.3, 0.4) is 0 Å². The summed E-state index contributed by atoms with van der Waals surface area (Å²) in [6, 6.07) is 0.613. The van der Waals surface area contributed by atoms with Gasteiger partial charge in [0.2, 0.25) is 0 Å². The zero-order valence-electron chi connectivity index (χ0n) is 9.08. The molecule has 3 heterocycles. The third kappa shape index (κ3) is 0.956. The predicted octanol–water partition coefficient (Wildman–Crippen LogP) is 1.31. The van der Waals surface area contributed by atoms with Gasteiger partial charge in [-0.1, -0.05) is 12.8 Å². The number of imidazole rings is 1. The molecule has 0 bridgehead atoms. The monoisotopic (exact) mass is 217 g/mol. The molecule has 1 aromatic rings. The molecule has 0 spiro atoms. The Morgan fingerprint density at radius 2 is 2.25 bits per heavy atom. The van der Waals surface area contributed by atoms with Crippen molar-refractivity contribution >= 4 is 12.2 Å². The predicted molar refractivity (Wildman–Crippen MR) is 61.1 cm³/mol. The second-order valence-corrected chi connectivity index (χ2v) is 4.90. The van der Waals surface area contributed by atoms with Crippen molar-refractivity contribution in [1.29, 1.82) is 0 Å². The van der Waals surface area contributed by atoms with Crippen LogP contribution in [0.15, 0.2) is 17.6 Å². The quantitative estimate of drug-likeness (QED) is 0.712. The van der Waals surface area contributed by atoms with Crippen LogP contribution in [0.25, 0.3) is 0 Å². The summed E-state index contributed by atoms with van der Waals surface area (Å²) in [6.07, 6.45) is 11.4. The summed E-state index contributed by atoms with van der Waals surface area (Å²) in [5.41, 5.74) is 3.24. The number of aromatic nitrogens is 2. The van der Waals surface area contributed by atoms with Gasteiger partial charge < -0.3 is 4.57 Å². The number of nitrogens with zero attached hydrogens (tertiary/aromatic N) is 4. The first-order valence-corrected chi connectivity index (χ1v) is 6.04. The summed E-state index contributed by atoms with van der Waals surface area (Å²) >= 11 is 0. The molecule has 0 radical (unpaired) electrons. The van der Waals surface area contributed by atoms with Gasteiger partial charge in [-0.15, -0.1) is 0 Å². The number of rotatable bonds is 0. The Labute approximate surface area is 94.1 Å². The smallest absolute Gasteiger partial charge is 0.135 e. The lowest BCUT2D eigenvalue weighted by molar-refractivity contribution is 0.176. The van der Waals surface area contributed by atoms with Crippen molar-refractivity contribution in [3.8, 4) is 0 Å². The largest absolute Gasteiger partial charge is 0.314 e. The summed E-state index contributed by atoms with van der Waals surface area (Å²) in [4.78, 5) is 6.51. The highest BCUT2D eigenvalue weighted by molar-refractivity contribution is 5.80. The first kappa shape index (κ1) is 8.61. The molecule has 16 heavy (non-hydrogen) atoms. The average molecular weight is 217 g/mol. The Morgan fingerprint density at radius 1 is 1.31 bits per heavy atom. The molecule has 84 valence electrons. The molecule has 1 aliphatic carbocycles. The van der Waals surface area contributed by atoms with Crippen molar-refractivity contribution in [2.24, 2.45) is 11.0 Å². The van der Waals surface area contributed by atoms with Crippen LogP contribution < -0.4 is 10.3 Å².